The minimum atomic E-state index is 0.506. The van der Waals surface area contributed by atoms with E-state index in [2.05, 4.69) is 23.4 Å². The Morgan fingerprint density at radius 2 is 2.08 bits per heavy atom. The molecule has 0 radical (unpaired) electrons. The largest absolute Gasteiger partial charge is 0.369 e. The molecule has 0 aliphatic carbocycles. The zero-order valence-electron chi connectivity index (χ0n) is 8.04. The van der Waals surface area contributed by atoms with Crippen LogP contribution in [0.15, 0.2) is 6.20 Å². The third-order valence-corrected chi connectivity index (χ3v) is 2.22. The lowest BCUT2D eigenvalue weighted by Crippen LogP contribution is -2.09. The SMILES string of the molecule is CCC(CC)n1cc(C)nc1N. The number of rotatable bonds is 3. The summed E-state index contributed by atoms with van der Waals surface area (Å²) in [5.41, 5.74) is 6.74. The predicted molar refractivity (Wildman–Crippen MR) is 51.0 cm³/mol. The van der Waals surface area contributed by atoms with Crippen molar-refractivity contribution in [1.29, 1.82) is 0 Å². The van der Waals surface area contributed by atoms with Crippen LogP contribution in [0.4, 0.5) is 5.95 Å². The van der Waals surface area contributed by atoms with Gasteiger partial charge in [-0.05, 0) is 19.8 Å². The first-order valence-electron chi connectivity index (χ1n) is 4.50. The Balaban J connectivity index is 2.91. The molecule has 0 amide bonds. The molecule has 12 heavy (non-hydrogen) atoms. The van der Waals surface area contributed by atoms with Gasteiger partial charge in [0.1, 0.15) is 0 Å². The van der Waals surface area contributed by atoms with Gasteiger partial charge in [-0.15, -0.1) is 0 Å². The Morgan fingerprint density at radius 3 is 2.42 bits per heavy atom. The number of aryl methyl sites for hydroxylation is 1. The summed E-state index contributed by atoms with van der Waals surface area (Å²) in [5.74, 6) is 0.640. The monoisotopic (exact) mass is 167 g/mol. The summed E-state index contributed by atoms with van der Waals surface area (Å²) in [7, 11) is 0. The van der Waals surface area contributed by atoms with Gasteiger partial charge in [-0.3, -0.25) is 0 Å². The van der Waals surface area contributed by atoms with E-state index in [4.69, 9.17) is 5.73 Å². The van der Waals surface area contributed by atoms with E-state index in [9.17, 15) is 0 Å². The molecule has 0 atom stereocenters. The lowest BCUT2D eigenvalue weighted by molar-refractivity contribution is 0.477. The molecule has 0 aliphatic heterocycles. The highest BCUT2D eigenvalue weighted by Crippen LogP contribution is 2.19. The molecule has 0 bridgehead atoms. The molecule has 0 saturated heterocycles. The maximum absolute atomic E-state index is 5.75. The summed E-state index contributed by atoms with van der Waals surface area (Å²) in [6.07, 6.45) is 4.24. The van der Waals surface area contributed by atoms with Crippen LogP contribution in [0, 0.1) is 6.92 Å². The van der Waals surface area contributed by atoms with Gasteiger partial charge in [-0.25, -0.2) is 4.98 Å². The number of hydrogen-bond acceptors (Lipinski definition) is 2. The van der Waals surface area contributed by atoms with E-state index in [1.165, 1.54) is 0 Å². The first-order valence-corrected chi connectivity index (χ1v) is 4.50. The molecule has 0 saturated carbocycles. The molecule has 0 aliphatic rings. The van der Waals surface area contributed by atoms with Crippen LogP contribution >= 0.6 is 0 Å². The van der Waals surface area contributed by atoms with Crippen LogP contribution in [0.5, 0.6) is 0 Å². The number of imidazole rings is 1. The van der Waals surface area contributed by atoms with Gasteiger partial charge in [0.25, 0.3) is 0 Å². The van der Waals surface area contributed by atoms with E-state index < -0.39 is 0 Å². The van der Waals surface area contributed by atoms with Gasteiger partial charge in [0.05, 0.1) is 5.69 Å². The number of nitrogens with two attached hydrogens (primary N) is 1. The second-order valence-electron chi connectivity index (χ2n) is 3.12. The molecule has 1 aromatic rings. The van der Waals surface area contributed by atoms with Gasteiger partial charge >= 0.3 is 0 Å². The van der Waals surface area contributed by atoms with Crippen molar-refractivity contribution in [3.63, 3.8) is 0 Å². The van der Waals surface area contributed by atoms with E-state index in [0.717, 1.165) is 18.5 Å². The van der Waals surface area contributed by atoms with E-state index in [1.807, 2.05) is 13.1 Å². The molecule has 1 aromatic heterocycles. The summed E-state index contributed by atoms with van der Waals surface area (Å²) in [5, 5.41) is 0. The average molecular weight is 167 g/mol. The standard InChI is InChI=1S/C9H17N3/c1-4-8(5-2)12-6-7(3)11-9(12)10/h6,8H,4-5H2,1-3H3,(H2,10,11). The Bertz CT molecular complexity index is 248. The molecular weight excluding hydrogens is 150 g/mol. The highest BCUT2D eigenvalue weighted by atomic mass is 15.2. The fourth-order valence-corrected chi connectivity index (χ4v) is 1.51. The zero-order chi connectivity index (χ0) is 9.14. The maximum Gasteiger partial charge on any atom is 0.200 e. The highest BCUT2D eigenvalue weighted by Gasteiger charge is 2.09. The van der Waals surface area contributed by atoms with Crippen molar-refractivity contribution < 1.29 is 0 Å². The first-order chi connectivity index (χ1) is 5.69. The van der Waals surface area contributed by atoms with Crippen molar-refractivity contribution in [3.8, 4) is 0 Å². The lowest BCUT2D eigenvalue weighted by atomic mass is 10.2. The van der Waals surface area contributed by atoms with E-state index in [1.54, 1.807) is 0 Å². The van der Waals surface area contributed by atoms with Gasteiger partial charge in [0.15, 0.2) is 0 Å². The Morgan fingerprint density at radius 1 is 1.50 bits per heavy atom. The van der Waals surface area contributed by atoms with Gasteiger partial charge in [-0.2, -0.15) is 0 Å². The maximum atomic E-state index is 5.75. The third kappa shape index (κ3) is 1.60. The predicted octanol–water partition coefficient (Wildman–Crippen LogP) is 2.13. The molecule has 1 rings (SSSR count). The number of aromatic nitrogens is 2. The molecule has 0 aromatic carbocycles. The number of nitrogens with zero attached hydrogens (tertiary/aromatic N) is 2. The first kappa shape index (κ1) is 9.10. The molecular formula is C9H17N3. The van der Waals surface area contributed by atoms with Crippen LogP contribution < -0.4 is 5.73 Å². The fourth-order valence-electron chi connectivity index (χ4n) is 1.51. The van der Waals surface area contributed by atoms with Crippen LogP contribution in [0.25, 0.3) is 0 Å². The molecule has 3 heteroatoms. The molecule has 0 spiro atoms. The lowest BCUT2D eigenvalue weighted by Gasteiger charge is -2.14. The van der Waals surface area contributed by atoms with Crippen LogP contribution in [-0.2, 0) is 0 Å². The molecule has 3 nitrogen and oxygen atoms in total. The quantitative estimate of drug-likeness (QED) is 0.749. The number of anilines is 1. The van der Waals surface area contributed by atoms with Crippen LogP contribution in [0.2, 0.25) is 0 Å². The minimum absolute atomic E-state index is 0.506. The van der Waals surface area contributed by atoms with E-state index in [-0.39, 0.29) is 0 Å². The minimum Gasteiger partial charge on any atom is -0.369 e. The second-order valence-corrected chi connectivity index (χ2v) is 3.12. The van der Waals surface area contributed by atoms with Gasteiger partial charge in [0.2, 0.25) is 5.95 Å². The van der Waals surface area contributed by atoms with Crippen LogP contribution in [0.1, 0.15) is 38.4 Å². The molecule has 0 fully saturated rings. The van der Waals surface area contributed by atoms with Gasteiger partial charge < -0.3 is 10.3 Å². The van der Waals surface area contributed by atoms with Crippen molar-refractivity contribution in [2.24, 2.45) is 0 Å². The van der Waals surface area contributed by atoms with Gasteiger partial charge in [0, 0.05) is 12.2 Å². The van der Waals surface area contributed by atoms with Crippen molar-refractivity contribution in [2.75, 3.05) is 5.73 Å². The van der Waals surface area contributed by atoms with Crippen molar-refractivity contribution in [3.05, 3.63) is 11.9 Å². The summed E-state index contributed by atoms with van der Waals surface area (Å²) < 4.78 is 2.06. The normalized spacial score (nSPS) is 11.0. The van der Waals surface area contributed by atoms with E-state index in [0.29, 0.717) is 12.0 Å². The van der Waals surface area contributed by atoms with Crippen molar-refractivity contribution in [2.45, 2.75) is 39.7 Å². The van der Waals surface area contributed by atoms with Gasteiger partial charge in [-0.1, -0.05) is 13.8 Å². The highest BCUT2D eigenvalue weighted by molar-refractivity contribution is 5.22. The third-order valence-electron chi connectivity index (χ3n) is 2.22. The second kappa shape index (κ2) is 3.61. The molecule has 2 N–H and O–H groups in total. The summed E-state index contributed by atoms with van der Waals surface area (Å²) in [4.78, 5) is 4.17. The average Bonchev–Trinajstić information content (AvgIpc) is 2.34. The summed E-state index contributed by atoms with van der Waals surface area (Å²) in [6.45, 7) is 6.31. The van der Waals surface area contributed by atoms with E-state index >= 15 is 0 Å². The number of nitrogen functional groups attached to an aromatic ring is 1. The Labute approximate surface area is 73.6 Å². The van der Waals surface area contributed by atoms with Crippen LogP contribution in [0.3, 0.4) is 0 Å². The summed E-state index contributed by atoms with van der Waals surface area (Å²) >= 11 is 0. The zero-order valence-corrected chi connectivity index (χ0v) is 8.04. The van der Waals surface area contributed by atoms with Crippen molar-refractivity contribution in [1.82, 2.24) is 9.55 Å². The summed E-state index contributed by atoms with van der Waals surface area (Å²) in [6, 6.07) is 0.506. The van der Waals surface area contributed by atoms with Crippen LogP contribution in [-0.4, -0.2) is 9.55 Å². The molecule has 68 valence electrons. The Hall–Kier alpha value is -0.990. The molecule has 1 heterocycles. The smallest absolute Gasteiger partial charge is 0.200 e. The van der Waals surface area contributed by atoms with Crippen molar-refractivity contribution >= 4 is 5.95 Å². The fraction of sp³-hybridized carbons (Fsp3) is 0.667. The number of hydrogen-bond donors (Lipinski definition) is 1. The topological polar surface area (TPSA) is 43.8 Å². The Kier molecular flexibility index (Phi) is 2.74. The molecule has 0 unspecified atom stereocenters.